The summed E-state index contributed by atoms with van der Waals surface area (Å²) in [4.78, 5) is 23.3. The summed E-state index contributed by atoms with van der Waals surface area (Å²) < 4.78 is 20.3. The summed E-state index contributed by atoms with van der Waals surface area (Å²) in [5.41, 5.74) is 1.46. The van der Waals surface area contributed by atoms with Crippen molar-refractivity contribution in [3.05, 3.63) is 72.4 Å². The highest BCUT2D eigenvalue weighted by molar-refractivity contribution is 5.99. The van der Waals surface area contributed by atoms with Gasteiger partial charge in [0.05, 0.1) is 10.9 Å². The zero-order valence-corrected chi connectivity index (χ0v) is 17.3. The van der Waals surface area contributed by atoms with Crippen LogP contribution in [0.3, 0.4) is 0 Å². The molecule has 0 aliphatic carbocycles. The van der Waals surface area contributed by atoms with Crippen LogP contribution in [0.1, 0.15) is 10.4 Å². The molecule has 0 aliphatic heterocycles. The number of fused-ring (bicyclic) bond motifs is 1. The number of hydrogen-bond donors (Lipinski definition) is 3. The van der Waals surface area contributed by atoms with Crippen molar-refractivity contribution in [3.8, 4) is 11.5 Å². The van der Waals surface area contributed by atoms with E-state index in [1.807, 2.05) is 6.07 Å². The number of benzene rings is 1. The van der Waals surface area contributed by atoms with E-state index in [2.05, 4.69) is 25.6 Å². The quantitative estimate of drug-likeness (QED) is 0.405. The van der Waals surface area contributed by atoms with Gasteiger partial charge < -0.3 is 20.4 Å². The minimum absolute atomic E-state index is 0. The van der Waals surface area contributed by atoms with E-state index in [1.54, 1.807) is 42.9 Å². The molecule has 0 spiro atoms. The fourth-order valence-electron chi connectivity index (χ4n) is 2.76. The summed E-state index contributed by atoms with van der Waals surface area (Å²) in [7, 11) is 1.53. The maximum Gasteiger partial charge on any atom is 0.254 e. The number of aromatic amines is 1. The monoisotopic (exact) mass is 449 g/mol. The fraction of sp³-hybridized carbons (Fsp3) is 0.0500. The Kier molecular flexibility index (Phi) is 7.57. The number of carbonyl (C=O) groups excluding carboxylic acids is 1. The molecule has 3 heterocycles. The van der Waals surface area contributed by atoms with Crippen molar-refractivity contribution in [2.24, 2.45) is 0 Å². The number of anilines is 2. The maximum absolute atomic E-state index is 14.6. The van der Waals surface area contributed by atoms with E-state index in [9.17, 15) is 9.18 Å². The van der Waals surface area contributed by atoms with E-state index in [4.69, 9.17) is 4.74 Å². The maximum atomic E-state index is 14.6. The molecule has 30 heavy (non-hydrogen) atoms. The molecule has 3 aromatic heterocycles. The van der Waals surface area contributed by atoms with E-state index in [-0.39, 0.29) is 36.5 Å². The number of amides is 1. The van der Waals surface area contributed by atoms with Crippen LogP contribution >= 0.6 is 24.8 Å². The molecular formula is C20H18Cl2FN5O2. The molecule has 0 unspecified atom stereocenters. The predicted molar refractivity (Wildman–Crippen MR) is 118 cm³/mol. The molecule has 156 valence electrons. The van der Waals surface area contributed by atoms with E-state index >= 15 is 0 Å². The van der Waals surface area contributed by atoms with Gasteiger partial charge in [0.25, 0.3) is 5.91 Å². The molecule has 3 N–H and O–H groups in total. The van der Waals surface area contributed by atoms with E-state index < -0.39 is 5.82 Å². The van der Waals surface area contributed by atoms with Gasteiger partial charge in [0, 0.05) is 37.4 Å². The van der Waals surface area contributed by atoms with Gasteiger partial charge in [-0.25, -0.2) is 14.4 Å². The Labute approximate surface area is 183 Å². The number of carbonyl (C=O) groups is 1. The SMILES string of the molecule is CNC(=O)c1cccnc1Nc1ccc(Oc2ccnc3[nH]ccc23)c(F)c1.Cl.Cl. The first-order chi connectivity index (χ1) is 13.7. The standard InChI is InChI=1S/C20H16FN5O2.2ClH/c1-22-20(27)14-3-2-8-23-19(14)26-12-4-5-17(15(21)11-12)28-16-7-10-25-18-13(16)6-9-24-18;;/h2-11H,1H3,(H,22,27)(H,23,26)(H,24,25);2*1H. The van der Waals surface area contributed by atoms with Gasteiger partial charge in [-0.1, -0.05) is 0 Å². The van der Waals surface area contributed by atoms with Crippen molar-refractivity contribution in [1.29, 1.82) is 0 Å². The predicted octanol–water partition coefficient (Wildman–Crippen LogP) is 4.84. The Morgan fingerprint density at radius 3 is 2.67 bits per heavy atom. The van der Waals surface area contributed by atoms with Crippen LogP contribution in [0.4, 0.5) is 15.9 Å². The molecule has 10 heteroatoms. The van der Waals surface area contributed by atoms with Crippen LogP contribution in [-0.4, -0.2) is 27.9 Å². The fourth-order valence-corrected chi connectivity index (χ4v) is 2.76. The molecule has 0 bridgehead atoms. The van der Waals surface area contributed by atoms with Crippen molar-refractivity contribution in [2.45, 2.75) is 0 Å². The van der Waals surface area contributed by atoms with Crippen LogP contribution in [0.15, 0.2) is 61.1 Å². The second kappa shape index (κ2) is 9.91. The first kappa shape index (κ1) is 22.9. The van der Waals surface area contributed by atoms with Gasteiger partial charge in [-0.05, 0) is 36.4 Å². The van der Waals surface area contributed by atoms with E-state index in [0.29, 0.717) is 28.5 Å². The lowest BCUT2D eigenvalue weighted by molar-refractivity contribution is 0.0963. The summed E-state index contributed by atoms with van der Waals surface area (Å²) in [6.07, 6.45) is 4.88. The van der Waals surface area contributed by atoms with Crippen LogP contribution in [0.25, 0.3) is 11.0 Å². The number of ether oxygens (including phenoxy) is 1. The lowest BCUT2D eigenvalue weighted by Gasteiger charge is -2.12. The molecule has 1 aromatic carbocycles. The van der Waals surface area contributed by atoms with Crippen LogP contribution < -0.4 is 15.4 Å². The third-order valence-corrected chi connectivity index (χ3v) is 4.11. The van der Waals surface area contributed by atoms with Gasteiger partial charge in [0.1, 0.15) is 17.2 Å². The van der Waals surface area contributed by atoms with Crippen molar-refractivity contribution >= 4 is 53.3 Å². The number of rotatable bonds is 5. The zero-order chi connectivity index (χ0) is 19.5. The van der Waals surface area contributed by atoms with Gasteiger partial charge >= 0.3 is 0 Å². The number of pyridine rings is 2. The Morgan fingerprint density at radius 1 is 1.07 bits per heavy atom. The molecular weight excluding hydrogens is 432 g/mol. The summed E-state index contributed by atoms with van der Waals surface area (Å²) in [6, 6.07) is 11.2. The minimum atomic E-state index is -0.553. The highest BCUT2D eigenvalue weighted by Gasteiger charge is 2.13. The molecule has 1 amide bonds. The average molecular weight is 450 g/mol. The van der Waals surface area contributed by atoms with Crippen molar-refractivity contribution in [2.75, 3.05) is 12.4 Å². The van der Waals surface area contributed by atoms with Crippen LogP contribution in [-0.2, 0) is 0 Å². The summed E-state index contributed by atoms with van der Waals surface area (Å²) >= 11 is 0. The van der Waals surface area contributed by atoms with Gasteiger partial charge in [-0.15, -0.1) is 24.8 Å². The second-order valence-corrected chi connectivity index (χ2v) is 5.90. The Hall–Kier alpha value is -3.36. The highest BCUT2D eigenvalue weighted by Crippen LogP contribution is 2.31. The minimum Gasteiger partial charge on any atom is -0.453 e. The molecule has 0 aliphatic rings. The summed E-state index contributed by atoms with van der Waals surface area (Å²) in [5.74, 6) is 0.0644. The molecule has 7 nitrogen and oxygen atoms in total. The first-order valence-corrected chi connectivity index (χ1v) is 8.49. The molecule has 0 atom stereocenters. The smallest absolute Gasteiger partial charge is 0.254 e. The average Bonchev–Trinajstić information content (AvgIpc) is 3.20. The Bertz CT molecular complexity index is 1170. The summed E-state index contributed by atoms with van der Waals surface area (Å²) in [6.45, 7) is 0. The lowest BCUT2D eigenvalue weighted by Crippen LogP contribution is -2.19. The number of aromatic nitrogens is 3. The van der Waals surface area contributed by atoms with Crippen molar-refractivity contribution in [1.82, 2.24) is 20.3 Å². The number of nitrogens with zero attached hydrogens (tertiary/aromatic N) is 2. The number of halogens is 3. The third-order valence-electron chi connectivity index (χ3n) is 4.11. The summed E-state index contributed by atoms with van der Waals surface area (Å²) in [5, 5.41) is 6.27. The number of nitrogens with one attached hydrogen (secondary N) is 3. The van der Waals surface area contributed by atoms with Gasteiger partial charge in [-0.2, -0.15) is 0 Å². The number of H-pyrrole nitrogens is 1. The topological polar surface area (TPSA) is 91.9 Å². The highest BCUT2D eigenvalue weighted by atomic mass is 35.5. The molecule has 4 aromatic rings. The third kappa shape index (κ3) is 4.61. The van der Waals surface area contributed by atoms with Gasteiger partial charge in [-0.3, -0.25) is 4.79 Å². The van der Waals surface area contributed by atoms with E-state index in [0.717, 1.165) is 5.39 Å². The number of hydrogen-bond acceptors (Lipinski definition) is 5. The van der Waals surface area contributed by atoms with Crippen molar-refractivity contribution < 1.29 is 13.9 Å². The second-order valence-electron chi connectivity index (χ2n) is 5.90. The zero-order valence-electron chi connectivity index (χ0n) is 15.7. The molecule has 4 rings (SSSR count). The molecule has 0 saturated heterocycles. The normalized spacial score (nSPS) is 9.93. The molecule has 0 saturated carbocycles. The Balaban J connectivity index is 0.00000160. The van der Waals surface area contributed by atoms with E-state index in [1.165, 1.54) is 19.2 Å². The van der Waals surface area contributed by atoms with Gasteiger partial charge in [0.2, 0.25) is 0 Å². The van der Waals surface area contributed by atoms with Crippen molar-refractivity contribution in [3.63, 3.8) is 0 Å². The molecule has 0 radical (unpaired) electrons. The van der Waals surface area contributed by atoms with Crippen LogP contribution in [0.5, 0.6) is 11.5 Å². The lowest BCUT2D eigenvalue weighted by atomic mass is 10.2. The first-order valence-electron chi connectivity index (χ1n) is 8.49. The van der Waals surface area contributed by atoms with Crippen LogP contribution in [0, 0.1) is 5.82 Å². The van der Waals surface area contributed by atoms with Crippen LogP contribution in [0.2, 0.25) is 0 Å². The molecule has 0 fully saturated rings. The Morgan fingerprint density at radius 2 is 1.90 bits per heavy atom. The van der Waals surface area contributed by atoms with Gasteiger partial charge in [0.15, 0.2) is 11.6 Å². The largest absolute Gasteiger partial charge is 0.453 e.